The van der Waals surface area contributed by atoms with Gasteiger partial charge in [-0.3, -0.25) is 4.79 Å². The molecular formula is C12H15ClN2O3S. The summed E-state index contributed by atoms with van der Waals surface area (Å²) < 4.78 is 22.9. The van der Waals surface area contributed by atoms with Crippen LogP contribution in [0.5, 0.6) is 0 Å². The van der Waals surface area contributed by atoms with Crippen molar-refractivity contribution in [2.75, 3.05) is 0 Å². The van der Waals surface area contributed by atoms with Gasteiger partial charge in [-0.05, 0) is 43.9 Å². The van der Waals surface area contributed by atoms with Gasteiger partial charge in [0.05, 0.1) is 4.90 Å². The number of hydrogen-bond acceptors (Lipinski definition) is 3. The molecule has 0 aliphatic heterocycles. The topological polar surface area (TPSA) is 89.3 Å². The van der Waals surface area contributed by atoms with Crippen molar-refractivity contribution in [1.82, 2.24) is 5.32 Å². The van der Waals surface area contributed by atoms with Gasteiger partial charge in [-0.25, -0.2) is 13.6 Å². The first-order valence-electron chi connectivity index (χ1n) is 5.93. The fourth-order valence-corrected chi connectivity index (χ4v) is 3.00. The van der Waals surface area contributed by atoms with Crippen LogP contribution in [0, 0.1) is 6.92 Å². The molecule has 1 amide bonds. The van der Waals surface area contributed by atoms with E-state index in [2.05, 4.69) is 5.32 Å². The second-order valence-corrected chi connectivity index (χ2v) is 6.66. The molecule has 1 aromatic carbocycles. The number of amides is 1. The van der Waals surface area contributed by atoms with Crippen LogP contribution in [0.15, 0.2) is 17.0 Å². The lowest BCUT2D eigenvalue weighted by Crippen LogP contribution is -2.39. The minimum Gasteiger partial charge on any atom is -0.349 e. The van der Waals surface area contributed by atoms with E-state index < -0.39 is 10.0 Å². The third-order valence-electron chi connectivity index (χ3n) is 3.31. The van der Waals surface area contributed by atoms with E-state index in [1.165, 1.54) is 12.1 Å². The molecule has 0 saturated heterocycles. The van der Waals surface area contributed by atoms with Gasteiger partial charge in [-0.1, -0.05) is 11.6 Å². The highest BCUT2D eigenvalue weighted by Gasteiger charge is 2.22. The molecule has 1 aliphatic rings. The van der Waals surface area contributed by atoms with Gasteiger partial charge < -0.3 is 5.32 Å². The summed E-state index contributed by atoms with van der Waals surface area (Å²) in [7, 11) is -3.90. The molecule has 2 rings (SSSR count). The second kappa shape index (κ2) is 5.11. The Labute approximate surface area is 117 Å². The molecule has 0 atom stereocenters. The van der Waals surface area contributed by atoms with Gasteiger partial charge in [0.2, 0.25) is 10.0 Å². The number of carbonyl (C=O) groups is 1. The van der Waals surface area contributed by atoms with Gasteiger partial charge in [0.25, 0.3) is 5.91 Å². The van der Waals surface area contributed by atoms with Gasteiger partial charge in [-0.2, -0.15) is 0 Å². The number of carbonyl (C=O) groups excluding carboxylic acids is 1. The first-order chi connectivity index (χ1) is 8.79. The summed E-state index contributed by atoms with van der Waals surface area (Å²) in [5.41, 5.74) is 0.566. The summed E-state index contributed by atoms with van der Waals surface area (Å²) in [5, 5.41) is 8.15. The summed E-state index contributed by atoms with van der Waals surface area (Å²) in [6.07, 6.45) is 3.00. The van der Waals surface area contributed by atoms with Crippen molar-refractivity contribution in [3.8, 4) is 0 Å². The number of rotatable bonds is 3. The molecule has 104 valence electrons. The Hall–Kier alpha value is -1.11. The van der Waals surface area contributed by atoms with Gasteiger partial charge >= 0.3 is 0 Å². The zero-order chi connectivity index (χ0) is 14.2. The molecule has 3 N–H and O–H groups in total. The van der Waals surface area contributed by atoms with Crippen molar-refractivity contribution in [1.29, 1.82) is 0 Å². The van der Waals surface area contributed by atoms with Gasteiger partial charge in [0, 0.05) is 16.6 Å². The maximum absolute atomic E-state index is 12.0. The Morgan fingerprint density at radius 2 is 2.05 bits per heavy atom. The van der Waals surface area contributed by atoms with E-state index >= 15 is 0 Å². The van der Waals surface area contributed by atoms with E-state index in [1.807, 2.05) is 0 Å². The number of primary sulfonamides is 1. The minimum atomic E-state index is -3.90. The lowest BCUT2D eigenvalue weighted by atomic mass is 9.93. The summed E-state index contributed by atoms with van der Waals surface area (Å²) in [6.45, 7) is 1.55. The number of benzene rings is 1. The minimum absolute atomic E-state index is 0.112. The molecular weight excluding hydrogens is 288 g/mol. The highest BCUT2D eigenvalue weighted by molar-refractivity contribution is 7.89. The van der Waals surface area contributed by atoms with Crippen LogP contribution < -0.4 is 10.5 Å². The number of halogens is 1. The Kier molecular flexibility index (Phi) is 3.85. The smallest absolute Gasteiger partial charge is 0.251 e. The van der Waals surface area contributed by atoms with Crippen LogP contribution in [0.3, 0.4) is 0 Å². The molecule has 0 unspecified atom stereocenters. The van der Waals surface area contributed by atoms with Crippen molar-refractivity contribution >= 4 is 27.5 Å². The van der Waals surface area contributed by atoms with Gasteiger partial charge in [0.15, 0.2) is 0 Å². The van der Waals surface area contributed by atoms with E-state index in [4.69, 9.17) is 16.7 Å². The SMILES string of the molecule is Cc1c(Cl)cc(C(=O)NC2CCC2)cc1S(N)(=O)=O. The Bertz CT molecular complexity index is 624. The van der Waals surface area contributed by atoms with E-state index in [-0.39, 0.29) is 27.4 Å². The summed E-state index contributed by atoms with van der Waals surface area (Å²) in [6, 6.07) is 2.90. The molecule has 1 fully saturated rings. The van der Waals surface area contributed by atoms with E-state index in [1.54, 1.807) is 6.92 Å². The fourth-order valence-electron chi connectivity index (χ4n) is 1.90. The molecule has 0 aromatic heterocycles. The van der Waals surface area contributed by atoms with E-state index in [0.717, 1.165) is 19.3 Å². The molecule has 0 heterocycles. The molecule has 5 nitrogen and oxygen atoms in total. The molecule has 1 aromatic rings. The lowest BCUT2D eigenvalue weighted by molar-refractivity contribution is 0.0916. The lowest BCUT2D eigenvalue weighted by Gasteiger charge is -2.26. The highest BCUT2D eigenvalue weighted by atomic mass is 35.5. The standard InChI is InChI=1S/C12H15ClN2O3S/c1-7-10(13)5-8(6-11(7)19(14,17)18)12(16)15-9-3-2-4-9/h5-6,9H,2-4H2,1H3,(H,15,16)(H2,14,17,18). The zero-order valence-corrected chi connectivity index (χ0v) is 12.0. The molecule has 1 saturated carbocycles. The average molecular weight is 303 g/mol. The number of sulfonamides is 1. The molecule has 0 radical (unpaired) electrons. The molecule has 7 heteroatoms. The summed E-state index contributed by atoms with van der Waals surface area (Å²) >= 11 is 5.95. The predicted molar refractivity (Wildman–Crippen MR) is 72.7 cm³/mol. The summed E-state index contributed by atoms with van der Waals surface area (Å²) in [5.74, 6) is -0.323. The first kappa shape index (κ1) is 14.3. The third-order valence-corrected chi connectivity index (χ3v) is 4.74. The van der Waals surface area contributed by atoms with Crippen LogP contribution in [-0.2, 0) is 10.0 Å². The Balaban J connectivity index is 2.36. The van der Waals surface area contributed by atoms with E-state index in [0.29, 0.717) is 5.56 Å². The molecule has 0 spiro atoms. The molecule has 1 aliphatic carbocycles. The van der Waals surface area contributed by atoms with Crippen molar-refractivity contribution in [3.05, 3.63) is 28.3 Å². The van der Waals surface area contributed by atoms with E-state index in [9.17, 15) is 13.2 Å². The van der Waals surface area contributed by atoms with Gasteiger partial charge in [-0.15, -0.1) is 0 Å². The first-order valence-corrected chi connectivity index (χ1v) is 7.85. The normalized spacial score (nSPS) is 15.9. The van der Waals surface area contributed by atoms with Gasteiger partial charge in [0.1, 0.15) is 0 Å². The van der Waals surface area contributed by atoms with Crippen molar-refractivity contribution in [2.45, 2.75) is 37.1 Å². The Morgan fingerprint density at radius 1 is 1.42 bits per heavy atom. The molecule has 0 bridgehead atoms. The van der Waals surface area contributed by atoms with Crippen LogP contribution in [0.4, 0.5) is 0 Å². The van der Waals surface area contributed by atoms with Crippen LogP contribution in [-0.4, -0.2) is 20.4 Å². The van der Waals surface area contributed by atoms with Crippen molar-refractivity contribution in [3.63, 3.8) is 0 Å². The summed E-state index contributed by atoms with van der Waals surface area (Å²) in [4.78, 5) is 11.9. The zero-order valence-electron chi connectivity index (χ0n) is 10.4. The maximum Gasteiger partial charge on any atom is 0.251 e. The number of nitrogens with two attached hydrogens (primary N) is 1. The quantitative estimate of drug-likeness (QED) is 0.888. The van der Waals surface area contributed by atoms with Crippen LogP contribution in [0.25, 0.3) is 0 Å². The number of hydrogen-bond donors (Lipinski definition) is 2. The monoisotopic (exact) mass is 302 g/mol. The van der Waals surface area contributed by atoms with Crippen LogP contribution >= 0.6 is 11.6 Å². The second-order valence-electron chi connectivity index (χ2n) is 4.73. The highest BCUT2D eigenvalue weighted by Crippen LogP contribution is 2.25. The van der Waals surface area contributed by atoms with Crippen molar-refractivity contribution in [2.24, 2.45) is 5.14 Å². The predicted octanol–water partition coefficient (Wildman–Crippen LogP) is 1.58. The van der Waals surface area contributed by atoms with Crippen LogP contribution in [0.1, 0.15) is 35.2 Å². The third kappa shape index (κ3) is 3.08. The maximum atomic E-state index is 12.0. The molecule has 19 heavy (non-hydrogen) atoms. The Morgan fingerprint density at radius 3 is 2.53 bits per heavy atom. The number of nitrogens with one attached hydrogen (secondary N) is 1. The fraction of sp³-hybridized carbons (Fsp3) is 0.417. The largest absolute Gasteiger partial charge is 0.349 e. The van der Waals surface area contributed by atoms with Crippen LogP contribution in [0.2, 0.25) is 5.02 Å². The van der Waals surface area contributed by atoms with Crippen molar-refractivity contribution < 1.29 is 13.2 Å². The average Bonchev–Trinajstić information content (AvgIpc) is 2.25.